The Hall–Kier alpha value is -2.36. The third-order valence-corrected chi connectivity index (χ3v) is 7.13. The maximum absolute atomic E-state index is 13.8. The number of rotatable bonds is 6. The van der Waals surface area contributed by atoms with Gasteiger partial charge in [-0.3, -0.25) is 0 Å². The quantitative estimate of drug-likeness (QED) is 0.617. The zero-order chi connectivity index (χ0) is 23.0. The first kappa shape index (κ1) is 23.3. The van der Waals surface area contributed by atoms with Crippen molar-refractivity contribution >= 4 is 21.6 Å². The molecule has 1 aliphatic heterocycles. The van der Waals surface area contributed by atoms with E-state index in [1.54, 1.807) is 6.07 Å². The third kappa shape index (κ3) is 4.35. The zero-order valence-electron chi connectivity index (χ0n) is 15.7. The molecule has 0 aliphatic carbocycles. The molecule has 0 unspecified atom stereocenters. The minimum absolute atomic E-state index is 0.156. The highest BCUT2D eigenvalue weighted by Crippen LogP contribution is 2.34. The van der Waals surface area contributed by atoms with Crippen molar-refractivity contribution in [1.82, 2.24) is 4.31 Å². The molecule has 2 N–H and O–H groups in total. The third-order valence-electron chi connectivity index (χ3n) is 5.03. The van der Waals surface area contributed by atoms with E-state index >= 15 is 0 Å². The molecule has 1 aliphatic rings. The monoisotopic (exact) mass is 476 g/mol. The first-order valence-electron chi connectivity index (χ1n) is 8.83. The van der Waals surface area contributed by atoms with Gasteiger partial charge in [-0.1, -0.05) is 11.6 Å². The molecule has 2 aromatic rings. The van der Waals surface area contributed by atoms with Crippen LogP contribution in [-0.4, -0.2) is 54.8 Å². The summed E-state index contributed by atoms with van der Waals surface area (Å²) in [7, 11) is -4.27. The van der Waals surface area contributed by atoms with Crippen LogP contribution in [0.5, 0.6) is 5.75 Å². The lowest BCUT2D eigenvalue weighted by Gasteiger charge is -2.26. The van der Waals surface area contributed by atoms with Crippen molar-refractivity contribution in [2.45, 2.75) is 10.5 Å². The average Bonchev–Trinajstić information content (AvgIpc) is 3.09. The van der Waals surface area contributed by atoms with Crippen LogP contribution in [0.25, 0.3) is 0 Å². The number of halogens is 4. The van der Waals surface area contributed by atoms with Crippen LogP contribution < -0.4 is 4.74 Å². The number of aliphatic hydroxyl groups excluding tert-OH is 1. The van der Waals surface area contributed by atoms with E-state index in [1.807, 2.05) is 0 Å². The van der Waals surface area contributed by atoms with E-state index in [0.717, 1.165) is 16.4 Å². The minimum Gasteiger partial charge on any atom is -0.490 e. The van der Waals surface area contributed by atoms with Gasteiger partial charge in [-0.25, -0.2) is 17.2 Å². The smallest absolute Gasteiger partial charge is 0.244 e. The van der Waals surface area contributed by atoms with E-state index in [4.69, 9.17) is 16.3 Å². The topological polar surface area (TPSA) is 111 Å². The first-order chi connectivity index (χ1) is 14.5. The molecule has 1 fully saturated rings. The fourth-order valence-corrected chi connectivity index (χ4v) is 5.09. The maximum Gasteiger partial charge on any atom is 0.244 e. The molecule has 2 aromatic carbocycles. The Balaban J connectivity index is 1.85. The van der Waals surface area contributed by atoms with E-state index in [9.17, 15) is 37.1 Å². The van der Waals surface area contributed by atoms with Crippen molar-refractivity contribution in [2.75, 3.05) is 26.3 Å². The lowest BCUT2D eigenvalue weighted by Crippen LogP contribution is -2.44. The second-order valence-corrected chi connectivity index (χ2v) is 9.34. The van der Waals surface area contributed by atoms with Crippen LogP contribution in [0.4, 0.5) is 13.2 Å². The summed E-state index contributed by atoms with van der Waals surface area (Å²) < 4.78 is 72.3. The van der Waals surface area contributed by atoms with Gasteiger partial charge in [0.25, 0.3) is 0 Å². The van der Waals surface area contributed by atoms with E-state index < -0.39 is 64.5 Å². The second-order valence-electron chi connectivity index (χ2n) is 6.99. The summed E-state index contributed by atoms with van der Waals surface area (Å²) in [5.41, 5.74) is -2.16. The number of hydrogen-bond donors (Lipinski definition) is 2. The number of hydrogen-bond acceptors (Lipinski definition) is 6. The number of sulfonamides is 1. The number of β-amino-alcohol motifs (C(OH)–C–C–N with tert-alkyl or cyclic N) is 1. The van der Waals surface area contributed by atoms with Gasteiger partial charge in [0.1, 0.15) is 16.6 Å². The van der Waals surface area contributed by atoms with Gasteiger partial charge in [0.15, 0.2) is 17.4 Å². The van der Waals surface area contributed by atoms with Crippen LogP contribution in [-0.2, 0) is 10.0 Å². The van der Waals surface area contributed by atoms with Crippen LogP contribution >= 0.6 is 11.6 Å². The van der Waals surface area contributed by atoms with Gasteiger partial charge in [-0.15, -0.1) is 0 Å². The van der Waals surface area contributed by atoms with Crippen LogP contribution in [0.2, 0.25) is 5.02 Å². The molecule has 0 amide bonds. The summed E-state index contributed by atoms with van der Waals surface area (Å²) in [5.74, 6) is -6.40. The van der Waals surface area contributed by atoms with Crippen LogP contribution in [0.15, 0.2) is 35.2 Å². The number of aliphatic hydroxyl groups is 2. The molecule has 2 atom stereocenters. The lowest BCUT2D eigenvalue weighted by atomic mass is 9.92. The molecule has 0 saturated carbocycles. The Kier molecular flexibility index (Phi) is 6.50. The highest BCUT2D eigenvalue weighted by Gasteiger charge is 2.49. The van der Waals surface area contributed by atoms with E-state index in [0.29, 0.717) is 6.07 Å². The van der Waals surface area contributed by atoms with Gasteiger partial charge in [0.2, 0.25) is 15.8 Å². The summed E-state index contributed by atoms with van der Waals surface area (Å²) in [6, 6.07) is 6.85. The fourth-order valence-electron chi connectivity index (χ4n) is 3.25. The Morgan fingerprint density at radius 2 is 1.97 bits per heavy atom. The number of nitriles is 1. The van der Waals surface area contributed by atoms with Crippen molar-refractivity contribution in [3.63, 3.8) is 0 Å². The second kappa shape index (κ2) is 8.64. The average molecular weight is 477 g/mol. The molecular formula is C19H16ClF3N2O5S. The van der Waals surface area contributed by atoms with Crippen LogP contribution in [0.3, 0.4) is 0 Å². The van der Waals surface area contributed by atoms with Gasteiger partial charge in [-0.05, 0) is 30.3 Å². The van der Waals surface area contributed by atoms with Crippen molar-refractivity contribution < 1.29 is 36.5 Å². The Bertz CT molecular complexity index is 1160. The summed E-state index contributed by atoms with van der Waals surface area (Å²) in [5, 5.41) is 29.7. The molecule has 0 radical (unpaired) electrons. The van der Waals surface area contributed by atoms with Gasteiger partial charge >= 0.3 is 0 Å². The van der Waals surface area contributed by atoms with Gasteiger partial charge in [0, 0.05) is 24.0 Å². The molecule has 3 rings (SSSR count). The predicted molar refractivity (Wildman–Crippen MR) is 102 cm³/mol. The lowest BCUT2D eigenvalue weighted by molar-refractivity contribution is -0.0455. The predicted octanol–water partition coefficient (Wildman–Crippen LogP) is 2.05. The molecule has 7 nitrogen and oxygen atoms in total. The summed E-state index contributed by atoms with van der Waals surface area (Å²) in [6.07, 6.45) is 0. The number of benzene rings is 2. The van der Waals surface area contributed by atoms with Crippen LogP contribution in [0.1, 0.15) is 5.56 Å². The van der Waals surface area contributed by atoms with E-state index in [2.05, 4.69) is 0 Å². The van der Waals surface area contributed by atoms with Crippen molar-refractivity contribution in [3.05, 3.63) is 58.4 Å². The number of nitrogens with zero attached hydrogens (tertiary/aromatic N) is 2. The Morgan fingerprint density at radius 3 is 2.61 bits per heavy atom. The molecule has 166 valence electrons. The molecular weight excluding hydrogens is 461 g/mol. The number of ether oxygens (including phenoxy) is 1. The summed E-state index contributed by atoms with van der Waals surface area (Å²) in [6.45, 7) is -2.23. The first-order valence-corrected chi connectivity index (χ1v) is 10.6. The Morgan fingerprint density at radius 1 is 1.26 bits per heavy atom. The van der Waals surface area contributed by atoms with Gasteiger partial charge < -0.3 is 14.9 Å². The normalized spacial score (nSPS) is 21.8. The summed E-state index contributed by atoms with van der Waals surface area (Å²) >= 11 is 5.80. The molecule has 0 bridgehead atoms. The highest BCUT2D eigenvalue weighted by atomic mass is 35.5. The molecule has 0 spiro atoms. The van der Waals surface area contributed by atoms with E-state index in [1.165, 1.54) is 12.1 Å². The maximum atomic E-state index is 13.8. The van der Waals surface area contributed by atoms with Crippen molar-refractivity contribution in [2.24, 2.45) is 5.92 Å². The molecule has 1 saturated heterocycles. The molecule has 1 heterocycles. The Labute approximate surface area is 180 Å². The summed E-state index contributed by atoms with van der Waals surface area (Å²) in [4.78, 5) is -0.340. The highest BCUT2D eigenvalue weighted by molar-refractivity contribution is 7.89. The van der Waals surface area contributed by atoms with Gasteiger partial charge in [0.05, 0.1) is 18.8 Å². The molecule has 0 aromatic heterocycles. The zero-order valence-corrected chi connectivity index (χ0v) is 17.3. The van der Waals surface area contributed by atoms with Crippen LogP contribution in [0, 0.1) is 34.7 Å². The van der Waals surface area contributed by atoms with E-state index in [-0.39, 0.29) is 22.0 Å². The SMILES string of the molecule is N#Cc1cc(Cl)ccc1S(=O)(=O)N1C[C@H](COc2ccc(F)c(F)c2F)[C@](O)(CO)C1. The van der Waals surface area contributed by atoms with Crippen molar-refractivity contribution in [1.29, 1.82) is 5.26 Å². The largest absolute Gasteiger partial charge is 0.490 e. The standard InChI is InChI=1S/C19H16ClF3N2O5S/c20-13-1-4-16(11(5-13)6-24)31(28,29)25-7-12(19(27,9-25)10-26)8-30-15-3-2-14(21)17(22)18(15)23/h1-5,12,26-27H,7-10H2/t12-,19-/m1/s1. The fraction of sp³-hybridized carbons (Fsp3) is 0.316. The molecule has 31 heavy (non-hydrogen) atoms. The van der Waals surface area contributed by atoms with Crippen molar-refractivity contribution in [3.8, 4) is 11.8 Å². The molecule has 12 heteroatoms. The van der Waals surface area contributed by atoms with Gasteiger partial charge in [-0.2, -0.15) is 14.0 Å². The minimum atomic E-state index is -4.27.